The van der Waals surface area contributed by atoms with E-state index in [1.54, 1.807) is 11.0 Å². The number of piperidine rings is 1. The van der Waals surface area contributed by atoms with E-state index in [1.165, 1.54) is 26.0 Å². The molecule has 1 saturated heterocycles. The molecule has 4 rings (SSSR count). The van der Waals surface area contributed by atoms with Gasteiger partial charge in [0, 0.05) is 31.5 Å². The number of sulfone groups is 1. The molecule has 0 atom stereocenters. The first-order valence-electron chi connectivity index (χ1n) is 13.1. The number of likely N-dealkylation sites (tertiary alicyclic amines) is 1. The van der Waals surface area contributed by atoms with E-state index in [2.05, 4.69) is 0 Å². The molecule has 0 aromatic heterocycles. The van der Waals surface area contributed by atoms with Crippen LogP contribution in [0.1, 0.15) is 65.0 Å². The molecule has 2 heterocycles. The van der Waals surface area contributed by atoms with Gasteiger partial charge in [0.1, 0.15) is 23.0 Å². The van der Waals surface area contributed by atoms with Crippen LogP contribution in [0.25, 0.3) is 11.1 Å². The lowest BCUT2D eigenvalue weighted by Gasteiger charge is -2.44. The third-order valence-electron chi connectivity index (χ3n) is 7.34. The van der Waals surface area contributed by atoms with E-state index in [0.29, 0.717) is 43.7 Å². The van der Waals surface area contributed by atoms with E-state index < -0.39 is 38.0 Å². The number of fused-ring (bicyclic) bond motifs is 1. The Labute approximate surface area is 224 Å². The van der Waals surface area contributed by atoms with Crippen LogP contribution in [0.2, 0.25) is 0 Å². The lowest BCUT2D eigenvalue weighted by atomic mass is 9.82. The molecule has 0 bridgehead atoms. The molecule has 9 heteroatoms. The van der Waals surface area contributed by atoms with Crippen LogP contribution < -0.4 is 4.74 Å². The molecule has 0 radical (unpaired) electrons. The Bertz CT molecular complexity index is 1290. The molecular formula is C29H37F2NO5S. The quantitative estimate of drug-likeness (QED) is 0.438. The van der Waals surface area contributed by atoms with Crippen LogP contribution in [0.15, 0.2) is 30.3 Å². The Hall–Kier alpha value is -2.68. The predicted molar refractivity (Wildman–Crippen MR) is 143 cm³/mol. The predicted octanol–water partition coefficient (Wildman–Crippen LogP) is 6.30. The number of hydrogen-bond donors (Lipinski definition) is 0. The highest BCUT2D eigenvalue weighted by atomic mass is 32.2. The van der Waals surface area contributed by atoms with E-state index in [-0.39, 0.29) is 17.1 Å². The van der Waals surface area contributed by atoms with Gasteiger partial charge in [-0.15, -0.1) is 0 Å². The van der Waals surface area contributed by atoms with Gasteiger partial charge in [-0.3, -0.25) is 0 Å². The maximum absolute atomic E-state index is 14.8. The summed E-state index contributed by atoms with van der Waals surface area (Å²) in [5, 5.41) is -0.723. The van der Waals surface area contributed by atoms with Crippen LogP contribution in [0.5, 0.6) is 5.75 Å². The molecule has 2 aliphatic heterocycles. The maximum Gasteiger partial charge on any atom is 0.409 e. The molecule has 2 aromatic carbocycles. The molecule has 0 N–H and O–H groups in total. The summed E-state index contributed by atoms with van der Waals surface area (Å²) in [5.74, 6) is -1.67. The molecule has 6 nitrogen and oxygen atoms in total. The van der Waals surface area contributed by atoms with Crippen molar-refractivity contribution < 1.29 is 31.5 Å². The summed E-state index contributed by atoms with van der Waals surface area (Å²) in [6, 6.07) is 7.84. The Kier molecular flexibility index (Phi) is 7.81. The van der Waals surface area contributed by atoms with Gasteiger partial charge in [-0.25, -0.2) is 22.0 Å². The van der Waals surface area contributed by atoms with Gasteiger partial charge in [0.15, 0.2) is 9.84 Å². The van der Waals surface area contributed by atoms with E-state index >= 15 is 0 Å². The SMILES string of the molecule is CC(C)S(=O)(=O)Cc1c(F)cc(-c2ccc3c(c2)CCC2(CCN(C(=O)OCC(C)(C)C)CC2)O3)cc1F. The summed E-state index contributed by atoms with van der Waals surface area (Å²) in [4.78, 5) is 14.2. The average Bonchev–Trinajstić information content (AvgIpc) is 2.84. The molecule has 1 amide bonds. The second-order valence-electron chi connectivity index (χ2n) is 12.0. The average molecular weight is 550 g/mol. The molecule has 0 aliphatic carbocycles. The number of benzene rings is 2. The van der Waals surface area contributed by atoms with Crippen molar-refractivity contribution in [3.8, 4) is 16.9 Å². The maximum atomic E-state index is 14.8. The monoisotopic (exact) mass is 549 g/mol. The van der Waals surface area contributed by atoms with Crippen LogP contribution >= 0.6 is 0 Å². The Balaban J connectivity index is 1.44. The van der Waals surface area contributed by atoms with Gasteiger partial charge in [-0.1, -0.05) is 26.8 Å². The second-order valence-corrected chi connectivity index (χ2v) is 14.5. The second kappa shape index (κ2) is 10.5. The molecule has 1 fully saturated rings. The Morgan fingerprint density at radius 3 is 2.26 bits per heavy atom. The molecule has 38 heavy (non-hydrogen) atoms. The minimum Gasteiger partial charge on any atom is -0.487 e. The van der Waals surface area contributed by atoms with Gasteiger partial charge in [0.25, 0.3) is 0 Å². The van der Waals surface area contributed by atoms with E-state index in [4.69, 9.17) is 9.47 Å². The van der Waals surface area contributed by atoms with Gasteiger partial charge in [-0.2, -0.15) is 0 Å². The largest absolute Gasteiger partial charge is 0.487 e. The zero-order valence-corrected chi connectivity index (χ0v) is 23.6. The summed E-state index contributed by atoms with van der Waals surface area (Å²) in [6.07, 6.45) is 2.64. The third-order valence-corrected chi connectivity index (χ3v) is 9.46. The smallest absolute Gasteiger partial charge is 0.409 e. The summed E-state index contributed by atoms with van der Waals surface area (Å²) in [7, 11) is -3.64. The summed E-state index contributed by atoms with van der Waals surface area (Å²) < 4.78 is 65.9. The lowest BCUT2D eigenvalue weighted by Crippen LogP contribution is -2.51. The molecule has 0 saturated carbocycles. The summed E-state index contributed by atoms with van der Waals surface area (Å²) >= 11 is 0. The zero-order chi connectivity index (χ0) is 27.9. The van der Waals surface area contributed by atoms with Gasteiger partial charge in [-0.05, 0) is 73.1 Å². The van der Waals surface area contributed by atoms with Crippen molar-refractivity contribution in [3.63, 3.8) is 0 Å². The van der Waals surface area contributed by atoms with Crippen molar-refractivity contribution in [1.82, 2.24) is 4.90 Å². The third kappa shape index (κ3) is 6.30. The number of nitrogens with zero attached hydrogens (tertiary/aromatic N) is 1. The first kappa shape index (κ1) is 28.3. The minimum absolute atomic E-state index is 0.0876. The normalized spacial score (nSPS) is 17.3. The fraction of sp³-hybridized carbons (Fsp3) is 0.552. The number of halogens is 2. The number of aryl methyl sites for hydroxylation is 1. The van der Waals surface area contributed by atoms with Gasteiger partial charge < -0.3 is 14.4 Å². The van der Waals surface area contributed by atoms with Crippen LogP contribution in [-0.4, -0.2) is 50.0 Å². The highest BCUT2D eigenvalue weighted by molar-refractivity contribution is 7.91. The number of hydrogen-bond acceptors (Lipinski definition) is 5. The molecule has 1 spiro atoms. The number of carbonyl (C=O) groups is 1. The zero-order valence-electron chi connectivity index (χ0n) is 22.8. The van der Waals surface area contributed by atoms with Gasteiger partial charge in [0.05, 0.1) is 17.6 Å². The Morgan fingerprint density at radius 1 is 1.05 bits per heavy atom. The molecule has 208 valence electrons. The highest BCUT2D eigenvalue weighted by Crippen LogP contribution is 2.41. The fourth-order valence-corrected chi connectivity index (χ4v) is 5.81. The first-order chi connectivity index (χ1) is 17.7. The van der Waals surface area contributed by atoms with Crippen molar-refractivity contribution >= 4 is 15.9 Å². The standard InChI is InChI=1S/C29H37F2NO5S/c1-19(2)38(34,35)17-23-24(30)15-22(16-25(23)31)20-6-7-26-21(14-20)8-9-29(37-26)10-12-32(13-11-29)27(33)36-18-28(3,4)5/h6-7,14-16,19H,8-13,17-18H2,1-5H3. The van der Waals surface area contributed by atoms with Crippen molar-refractivity contribution in [2.45, 2.75) is 76.9 Å². The van der Waals surface area contributed by atoms with Gasteiger partial charge >= 0.3 is 6.09 Å². The molecular weight excluding hydrogens is 512 g/mol. The van der Waals surface area contributed by atoms with Crippen LogP contribution in [0.3, 0.4) is 0 Å². The Morgan fingerprint density at radius 2 is 1.68 bits per heavy atom. The highest BCUT2D eigenvalue weighted by Gasteiger charge is 2.41. The summed E-state index contributed by atoms with van der Waals surface area (Å²) in [5.41, 5.74) is 1.06. The van der Waals surface area contributed by atoms with Crippen molar-refractivity contribution in [1.29, 1.82) is 0 Å². The molecule has 2 aliphatic rings. The fourth-order valence-electron chi connectivity index (χ4n) is 4.79. The van der Waals surface area contributed by atoms with Crippen molar-refractivity contribution in [3.05, 3.63) is 53.1 Å². The lowest BCUT2D eigenvalue weighted by molar-refractivity contribution is -0.0171. The van der Waals surface area contributed by atoms with E-state index in [9.17, 15) is 22.0 Å². The summed E-state index contributed by atoms with van der Waals surface area (Å²) in [6.45, 7) is 10.5. The minimum atomic E-state index is -3.64. The van der Waals surface area contributed by atoms with Crippen molar-refractivity contribution in [2.75, 3.05) is 19.7 Å². The van der Waals surface area contributed by atoms with Crippen LogP contribution in [0.4, 0.5) is 13.6 Å². The van der Waals surface area contributed by atoms with Crippen LogP contribution in [-0.2, 0) is 26.7 Å². The number of rotatable bonds is 5. The first-order valence-corrected chi connectivity index (χ1v) is 14.8. The number of ether oxygens (including phenoxy) is 2. The molecule has 2 aromatic rings. The van der Waals surface area contributed by atoms with Crippen LogP contribution in [0, 0.1) is 17.0 Å². The number of amides is 1. The molecule has 0 unspecified atom stereocenters. The topological polar surface area (TPSA) is 72.9 Å². The number of carbonyl (C=O) groups excluding carboxylic acids is 1. The van der Waals surface area contributed by atoms with E-state index in [0.717, 1.165) is 24.2 Å². The van der Waals surface area contributed by atoms with Gasteiger partial charge in [0.2, 0.25) is 0 Å². The van der Waals surface area contributed by atoms with Crippen molar-refractivity contribution in [2.24, 2.45) is 5.41 Å². The van der Waals surface area contributed by atoms with E-state index in [1.807, 2.05) is 32.9 Å².